The predicted octanol–water partition coefficient (Wildman–Crippen LogP) is 5.49. The molecule has 1 atom stereocenters. The van der Waals surface area contributed by atoms with Gasteiger partial charge < -0.3 is 14.2 Å². The van der Waals surface area contributed by atoms with Crippen LogP contribution in [0.2, 0.25) is 0 Å². The summed E-state index contributed by atoms with van der Waals surface area (Å²) in [6.45, 7) is 11.1. The molecule has 1 unspecified atom stereocenters. The third kappa shape index (κ3) is 5.58. The molecule has 0 saturated carbocycles. The number of rotatable bonds is 10. The molecule has 2 aromatic rings. The van der Waals surface area contributed by atoms with E-state index in [-0.39, 0.29) is 0 Å². The number of aryl methyl sites for hydroxylation is 2. The van der Waals surface area contributed by atoms with E-state index in [1.165, 1.54) is 20.3 Å². The number of hydrogen-bond donors (Lipinski definition) is 0. The zero-order chi connectivity index (χ0) is 21.6. The second kappa shape index (κ2) is 10.4. The summed E-state index contributed by atoms with van der Waals surface area (Å²) in [6, 6.07) is 2.99. The molecular formula is C23H33FN2O3. The summed E-state index contributed by atoms with van der Waals surface area (Å²) in [5.74, 6) is 1.88. The summed E-state index contributed by atoms with van der Waals surface area (Å²) in [5, 5.41) is 0. The fourth-order valence-corrected chi connectivity index (χ4v) is 3.44. The van der Waals surface area contributed by atoms with E-state index in [4.69, 9.17) is 24.2 Å². The molecule has 0 fully saturated rings. The molecule has 1 aromatic carbocycles. The van der Waals surface area contributed by atoms with Crippen LogP contribution in [0.15, 0.2) is 12.1 Å². The van der Waals surface area contributed by atoms with Gasteiger partial charge in [-0.3, -0.25) is 0 Å². The fourth-order valence-electron chi connectivity index (χ4n) is 3.44. The van der Waals surface area contributed by atoms with Gasteiger partial charge in [0.05, 0.1) is 37.8 Å². The standard InChI is InChI=1S/C23H33FN2O3/c1-8-18-22(21-17(24)11-16(27-6)12-20(21)28-7)25-19(9-2)23(26-18)29-13-15(5)10-14(3)4/h11-12,14-15H,8-10,13H2,1-7H3. The molecule has 0 amide bonds. The Morgan fingerprint density at radius 3 is 2.21 bits per heavy atom. The SMILES string of the molecule is CCc1nc(-c2c(F)cc(OC)cc2OC)c(CC)nc1OCC(C)CC(C)C. The average Bonchev–Trinajstić information content (AvgIpc) is 2.70. The van der Waals surface area contributed by atoms with Gasteiger partial charge in [-0.15, -0.1) is 0 Å². The molecule has 0 radical (unpaired) electrons. The lowest BCUT2D eigenvalue weighted by atomic mass is 10.00. The summed E-state index contributed by atoms with van der Waals surface area (Å²) in [5.41, 5.74) is 2.18. The topological polar surface area (TPSA) is 53.5 Å². The first-order valence-corrected chi connectivity index (χ1v) is 10.3. The summed E-state index contributed by atoms with van der Waals surface area (Å²) >= 11 is 0. The Morgan fingerprint density at radius 2 is 1.66 bits per heavy atom. The smallest absolute Gasteiger partial charge is 0.235 e. The van der Waals surface area contributed by atoms with E-state index in [1.54, 1.807) is 6.07 Å². The Bertz CT molecular complexity index is 824. The number of halogens is 1. The van der Waals surface area contributed by atoms with Crippen molar-refractivity contribution in [3.05, 3.63) is 29.3 Å². The molecular weight excluding hydrogens is 371 g/mol. The minimum Gasteiger partial charge on any atom is -0.497 e. The van der Waals surface area contributed by atoms with Crippen molar-refractivity contribution < 1.29 is 18.6 Å². The van der Waals surface area contributed by atoms with Gasteiger partial charge in [-0.2, -0.15) is 0 Å². The van der Waals surface area contributed by atoms with Crippen LogP contribution in [-0.2, 0) is 12.8 Å². The Balaban J connectivity index is 2.48. The van der Waals surface area contributed by atoms with Gasteiger partial charge in [-0.05, 0) is 31.1 Å². The number of ether oxygens (including phenoxy) is 3. The Hall–Kier alpha value is -2.37. The lowest BCUT2D eigenvalue weighted by molar-refractivity contribution is 0.228. The van der Waals surface area contributed by atoms with Crippen LogP contribution in [0, 0.1) is 17.7 Å². The van der Waals surface area contributed by atoms with Crippen LogP contribution < -0.4 is 14.2 Å². The molecule has 1 heterocycles. The maximum absolute atomic E-state index is 14.9. The van der Waals surface area contributed by atoms with Crippen molar-refractivity contribution in [3.63, 3.8) is 0 Å². The van der Waals surface area contributed by atoms with E-state index in [0.717, 1.165) is 6.42 Å². The Labute approximate surface area is 173 Å². The maximum atomic E-state index is 14.9. The summed E-state index contributed by atoms with van der Waals surface area (Å²) in [6.07, 6.45) is 2.32. The van der Waals surface area contributed by atoms with Crippen LogP contribution in [0.4, 0.5) is 4.39 Å². The van der Waals surface area contributed by atoms with E-state index in [1.807, 2.05) is 13.8 Å². The van der Waals surface area contributed by atoms with Crippen LogP contribution in [0.3, 0.4) is 0 Å². The largest absolute Gasteiger partial charge is 0.497 e. The zero-order valence-corrected chi connectivity index (χ0v) is 18.6. The number of aromatic nitrogens is 2. The summed E-state index contributed by atoms with van der Waals surface area (Å²) in [7, 11) is 3.00. The quantitative estimate of drug-likeness (QED) is 0.524. The normalized spacial score (nSPS) is 12.2. The highest BCUT2D eigenvalue weighted by Gasteiger charge is 2.22. The fraction of sp³-hybridized carbons (Fsp3) is 0.565. The predicted molar refractivity (Wildman–Crippen MR) is 113 cm³/mol. The van der Waals surface area contributed by atoms with E-state index < -0.39 is 5.82 Å². The van der Waals surface area contributed by atoms with Gasteiger partial charge in [0.1, 0.15) is 23.0 Å². The number of methoxy groups -OCH3 is 2. The van der Waals surface area contributed by atoms with Crippen molar-refractivity contribution in [2.24, 2.45) is 11.8 Å². The van der Waals surface area contributed by atoms with Crippen LogP contribution in [0.25, 0.3) is 11.3 Å². The van der Waals surface area contributed by atoms with Crippen molar-refractivity contribution in [2.75, 3.05) is 20.8 Å². The van der Waals surface area contributed by atoms with Crippen molar-refractivity contribution >= 4 is 0 Å². The maximum Gasteiger partial charge on any atom is 0.235 e. The molecule has 0 aliphatic carbocycles. The van der Waals surface area contributed by atoms with E-state index in [2.05, 4.69) is 20.8 Å². The molecule has 5 nitrogen and oxygen atoms in total. The molecule has 6 heteroatoms. The minimum absolute atomic E-state index is 0.298. The van der Waals surface area contributed by atoms with Crippen molar-refractivity contribution in [1.82, 2.24) is 9.97 Å². The lowest BCUT2D eigenvalue weighted by Gasteiger charge is -2.18. The third-order valence-corrected chi connectivity index (χ3v) is 4.77. The number of hydrogen-bond acceptors (Lipinski definition) is 5. The first-order valence-electron chi connectivity index (χ1n) is 10.3. The van der Waals surface area contributed by atoms with Gasteiger partial charge in [0.15, 0.2) is 0 Å². The van der Waals surface area contributed by atoms with E-state index >= 15 is 0 Å². The molecule has 1 aromatic heterocycles. The monoisotopic (exact) mass is 404 g/mol. The highest BCUT2D eigenvalue weighted by molar-refractivity contribution is 5.71. The highest BCUT2D eigenvalue weighted by atomic mass is 19.1. The van der Waals surface area contributed by atoms with Crippen LogP contribution in [0.5, 0.6) is 17.4 Å². The molecule has 0 bridgehead atoms. The first kappa shape index (κ1) is 22.9. The molecule has 0 N–H and O–H groups in total. The van der Waals surface area contributed by atoms with Crippen molar-refractivity contribution in [3.8, 4) is 28.6 Å². The molecule has 2 rings (SSSR count). The molecule has 0 aliphatic rings. The van der Waals surface area contributed by atoms with Crippen molar-refractivity contribution in [1.29, 1.82) is 0 Å². The highest BCUT2D eigenvalue weighted by Crippen LogP contribution is 2.37. The molecule has 0 spiro atoms. The van der Waals surface area contributed by atoms with Gasteiger partial charge in [0.2, 0.25) is 5.88 Å². The van der Waals surface area contributed by atoms with Gasteiger partial charge in [-0.25, -0.2) is 14.4 Å². The van der Waals surface area contributed by atoms with Crippen molar-refractivity contribution in [2.45, 2.75) is 53.9 Å². The molecule has 29 heavy (non-hydrogen) atoms. The zero-order valence-electron chi connectivity index (χ0n) is 18.6. The molecule has 0 aliphatic heterocycles. The van der Waals surface area contributed by atoms with E-state index in [9.17, 15) is 4.39 Å². The van der Waals surface area contributed by atoms with Crippen LogP contribution in [0.1, 0.15) is 52.4 Å². The first-order chi connectivity index (χ1) is 13.8. The number of nitrogens with zero attached hydrogens (tertiary/aromatic N) is 2. The van der Waals surface area contributed by atoms with Gasteiger partial charge in [-0.1, -0.05) is 34.6 Å². The molecule has 160 valence electrons. The summed E-state index contributed by atoms with van der Waals surface area (Å²) < 4.78 is 31.5. The second-order valence-corrected chi connectivity index (χ2v) is 7.71. The molecule has 0 saturated heterocycles. The van der Waals surface area contributed by atoms with Gasteiger partial charge >= 0.3 is 0 Å². The Kier molecular flexibility index (Phi) is 8.23. The average molecular weight is 405 g/mol. The second-order valence-electron chi connectivity index (χ2n) is 7.71. The van der Waals surface area contributed by atoms with Crippen LogP contribution in [-0.4, -0.2) is 30.8 Å². The lowest BCUT2D eigenvalue weighted by Crippen LogP contribution is -2.14. The summed E-state index contributed by atoms with van der Waals surface area (Å²) in [4.78, 5) is 9.46. The Morgan fingerprint density at radius 1 is 0.966 bits per heavy atom. The van der Waals surface area contributed by atoms with Gasteiger partial charge in [0.25, 0.3) is 0 Å². The minimum atomic E-state index is -0.452. The van der Waals surface area contributed by atoms with Gasteiger partial charge in [0, 0.05) is 12.1 Å². The number of benzene rings is 1. The van der Waals surface area contributed by atoms with Crippen LogP contribution >= 0.6 is 0 Å². The van der Waals surface area contributed by atoms with E-state index in [0.29, 0.717) is 71.3 Å². The third-order valence-electron chi connectivity index (χ3n) is 4.77.